The van der Waals surface area contributed by atoms with Crippen molar-refractivity contribution in [2.75, 3.05) is 0 Å². The molecule has 0 bridgehead atoms. The van der Waals surface area contributed by atoms with Gasteiger partial charge in [0.15, 0.2) is 0 Å². The molecule has 0 spiro atoms. The average molecular weight is 272 g/mol. The van der Waals surface area contributed by atoms with Crippen LogP contribution in [0.25, 0.3) is 0 Å². The summed E-state index contributed by atoms with van der Waals surface area (Å²) < 4.78 is 0. The second kappa shape index (κ2) is 5.57. The van der Waals surface area contributed by atoms with Gasteiger partial charge in [0, 0.05) is 23.6 Å². The van der Waals surface area contributed by atoms with Crippen LogP contribution in [-0.4, -0.2) is 17.5 Å². The molecule has 0 aromatic heterocycles. The van der Waals surface area contributed by atoms with E-state index in [0.29, 0.717) is 18.1 Å². The lowest BCUT2D eigenvalue weighted by molar-refractivity contribution is -0.118. The van der Waals surface area contributed by atoms with Gasteiger partial charge in [-0.2, -0.15) is 0 Å². The first kappa shape index (κ1) is 14.4. The largest absolute Gasteiger partial charge is 0.325 e. The zero-order valence-corrected chi connectivity index (χ0v) is 12.4. The van der Waals surface area contributed by atoms with Crippen molar-refractivity contribution < 1.29 is 9.59 Å². The van der Waals surface area contributed by atoms with E-state index < -0.39 is 0 Å². The van der Waals surface area contributed by atoms with Crippen LogP contribution in [0.4, 0.5) is 0 Å². The Labute approximate surface area is 119 Å². The maximum absolute atomic E-state index is 11.8. The molecule has 0 saturated carbocycles. The third-order valence-electron chi connectivity index (χ3n) is 3.59. The molecule has 2 rings (SSSR count). The zero-order chi connectivity index (χ0) is 14.9. The van der Waals surface area contributed by atoms with Gasteiger partial charge in [0.2, 0.25) is 5.91 Å². The maximum Gasteiger partial charge on any atom is 0.251 e. The molecule has 0 aromatic rings. The van der Waals surface area contributed by atoms with Crippen molar-refractivity contribution in [1.82, 2.24) is 5.32 Å². The van der Waals surface area contributed by atoms with Gasteiger partial charge in [-0.3, -0.25) is 9.59 Å². The van der Waals surface area contributed by atoms with E-state index in [1.807, 2.05) is 39.8 Å². The van der Waals surface area contributed by atoms with Crippen LogP contribution in [0.2, 0.25) is 0 Å². The monoisotopic (exact) mass is 272 g/mol. The van der Waals surface area contributed by atoms with Crippen molar-refractivity contribution in [2.45, 2.75) is 34.1 Å². The van der Waals surface area contributed by atoms with E-state index in [2.05, 4.69) is 10.3 Å². The topological polar surface area (TPSA) is 58.5 Å². The van der Waals surface area contributed by atoms with Gasteiger partial charge in [-0.15, -0.1) is 0 Å². The molecule has 1 aliphatic carbocycles. The molecule has 1 aliphatic heterocycles. The molecule has 0 saturated heterocycles. The summed E-state index contributed by atoms with van der Waals surface area (Å²) in [5.74, 6) is 0.183. The van der Waals surface area contributed by atoms with E-state index in [4.69, 9.17) is 0 Å². The number of hydrogen-bond donors (Lipinski definition) is 1. The van der Waals surface area contributed by atoms with Crippen LogP contribution in [-0.2, 0) is 9.59 Å². The minimum Gasteiger partial charge on any atom is -0.325 e. The van der Waals surface area contributed by atoms with Crippen molar-refractivity contribution in [3.8, 4) is 0 Å². The molecule has 4 nitrogen and oxygen atoms in total. The Morgan fingerprint density at radius 2 is 2.10 bits per heavy atom. The fraction of sp³-hybridized carbons (Fsp3) is 0.438. The number of amides is 2. The second-order valence-corrected chi connectivity index (χ2v) is 5.73. The lowest BCUT2D eigenvalue weighted by Gasteiger charge is -2.28. The highest BCUT2D eigenvalue weighted by Gasteiger charge is 2.27. The van der Waals surface area contributed by atoms with E-state index in [9.17, 15) is 9.59 Å². The molecule has 2 aliphatic rings. The SMILES string of the molecule is CC1=C(C)C2C=CC(=NC(=O)CC(C)C)C=C2NC1=O. The quantitative estimate of drug-likeness (QED) is 0.839. The molecule has 1 atom stereocenters. The molecule has 20 heavy (non-hydrogen) atoms. The highest BCUT2D eigenvalue weighted by molar-refractivity contribution is 6.11. The Bertz CT molecular complexity index is 577. The van der Waals surface area contributed by atoms with Crippen molar-refractivity contribution in [3.05, 3.63) is 35.1 Å². The number of carbonyl (C=O) groups is 2. The molecule has 0 fully saturated rings. The van der Waals surface area contributed by atoms with Crippen LogP contribution in [0, 0.1) is 11.8 Å². The minimum atomic E-state index is -0.125. The van der Waals surface area contributed by atoms with E-state index in [1.54, 1.807) is 6.08 Å². The van der Waals surface area contributed by atoms with Crippen LogP contribution < -0.4 is 5.32 Å². The Morgan fingerprint density at radius 3 is 2.75 bits per heavy atom. The first-order chi connectivity index (χ1) is 9.38. The third kappa shape index (κ3) is 2.95. The van der Waals surface area contributed by atoms with Crippen molar-refractivity contribution in [1.29, 1.82) is 0 Å². The van der Waals surface area contributed by atoms with Crippen molar-refractivity contribution >= 4 is 17.5 Å². The molecular formula is C16H20N2O2. The molecule has 0 radical (unpaired) electrons. The number of nitrogens with one attached hydrogen (secondary N) is 1. The van der Waals surface area contributed by atoms with Crippen LogP contribution in [0.1, 0.15) is 34.1 Å². The van der Waals surface area contributed by atoms with Gasteiger partial charge in [0.25, 0.3) is 5.91 Å². The summed E-state index contributed by atoms with van der Waals surface area (Å²) in [6, 6.07) is 0. The van der Waals surface area contributed by atoms with E-state index in [0.717, 1.165) is 16.8 Å². The van der Waals surface area contributed by atoms with Gasteiger partial charge in [-0.1, -0.05) is 25.5 Å². The lowest BCUT2D eigenvalue weighted by Crippen LogP contribution is -2.35. The van der Waals surface area contributed by atoms with E-state index >= 15 is 0 Å². The van der Waals surface area contributed by atoms with Gasteiger partial charge < -0.3 is 5.32 Å². The van der Waals surface area contributed by atoms with E-state index in [1.165, 1.54) is 0 Å². The third-order valence-corrected chi connectivity index (χ3v) is 3.59. The molecule has 106 valence electrons. The molecule has 0 aromatic carbocycles. The number of fused-ring (bicyclic) bond motifs is 1. The van der Waals surface area contributed by atoms with Gasteiger partial charge in [0.1, 0.15) is 0 Å². The Kier molecular flexibility index (Phi) is 4.02. The number of allylic oxidation sites excluding steroid dienone is 3. The molecule has 1 unspecified atom stereocenters. The number of nitrogens with zero attached hydrogens (tertiary/aromatic N) is 1. The van der Waals surface area contributed by atoms with Gasteiger partial charge in [-0.05, 0) is 31.9 Å². The molecule has 1 N–H and O–H groups in total. The first-order valence-corrected chi connectivity index (χ1v) is 6.88. The number of rotatable bonds is 2. The summed E-state index contributed by atoms with van der Waals surface area (Å²) >= 11 is 0. The summed E-state index contributed by atoms with van der Waals surface area (Å²) in [7, 11) is 0. The van der Waals surface area contributed by atoms with Crippen molar-refractivity contribution in [3.63, 3.8) is 0 Å². The average Bonchev–Trinajstić information content (AvgIpc) is 2.35. The van der Waals surface area contributed by atoms with Crippen LogP contribution in [0.5, 0.6) is 0 Å². The predicted octanol–water partition coefficient (Wildman–Crippen LogP) is 2.54. The summed E-state index contributed by atoms with van der Waals surface area (Å²) in [6.45, 7) is 7.76. The lowest BCUT2D eigenvalue weighted by atomic mass is 9.85. The smallest absolute Gasteiger partial charge is 0.251 e. The van der Waals surface area contributed by atoms with Crippen LogP contribution in [0.3, 0.4) is 0 Å². The summed E-state index contributed by atoms with van der Waals surface area (Å²) in [4.78, 5) is 27.6. The van der Waals surface area contributed by atoms with Crippen molar-refractivity contribution in [2.24, 2.45) is 16.8 Å². The first-order valence-electron chi connectivity index (χ1n) is 6.88. The highest BCUT2D eigenvalue weighted by atomic mass is 16.2. The predicted molar refractivity (Wildman–Crippen MR) is 79.1 cm³/mol. The standard InChI is InChI=1S/C16H20N2O2/c1-9(2)7-15(19)17-12-5-6-13-10(3)11(4)16(20)18-14(13)8-12/h5-6,8-9,13H,7H2,1-4H3,(H,18,20). The number of aliphatic imine (C=N–C) groups is 1. The maximum atomic E-state index is 11.8. The number of carbonyl (C=O) groups excluding carboxylic acids is 2. The van der Waals surface area contributed by atoms with Gasteiger partial charge in [0.05, 0.1) is 5.71 Å². The zero-order valence-electron chi connectivity index (χ0n) is 12.4. The molecule has 4 heteroatoms. The summed E-state index contributed by atoms with van der Waals surface area (Å²) in [6.07, 6.45) is 6.06. The highest BCUT2D eigenvalue weighted by Crippen LogP contribution is 2.29. The summed E-state index contributed by atoms with van der Waals surface area (Å²) in [5.41, 5.74) is 3.21. The molecule has 2 amide bonds. The van der Waals surface area contributed by atoms with Gasteiger partial charge in [-0.25, -0.2) is 4.99 Å². The molecule has 1 heterocycles. The van der Waals surface area contributed by atoms with Crippen LogP contribution >= 0.6 is 0 Å². The normalized spacial score (nSPS) is 23.9. The second-order valence-electron chi connectivity index (χ2n) is 5.73. The Hall–Kier alpha value is -1.97. The Balaban J connectivity index is 2.24. The number of hydrogen-bond acceptors (Lipinski definition) is 2. The minimum absolute atomic E-state index is 0.0758. The fourth-order valence-corrected chi connectivity index (χ4v) is 2.33. The molecular weight excluding hydrogens is 252 g/mol. The van der Waals surface area contributed by atoms with Gasteiger partial charge >= 0.3 is 0 Å². The summed E-state index contributed by atoms with van der Waals surface area (Å²) in [5, 5.41) is 2.86. The Morgan fingerprint density at radius 1 is 1.40 bits per heavy atom. The fourth-order valence-electron chi connectivity index (χ4n) is 2.33. The van der Waals surface area contributed by atoms with E-state index in [-0.39, 0.29) is 17.7 Å². The van der Waals surface area contributed by atoms with Crippen LogP contribution in [0.15, 0.2) is 40.1 Å².